The summed E-state index contributed by atoms with van der Waals surface area (Å²) in [5, 5.41) is 0. The third kappa shape index (κ3) is 19.6. The number of Topliss-reactive ketones (excluding diaryl/α,β-unsaturated/α-hetero) is 1. The fraction of sp³-hybridized carbons (Fsp3) is 0.955. The summed E-state index contributed by atoms with van der Waals surface area (Å²) in [5.41, 5.74) is 0. The molecular formula is C22H44O. The highest BCUT2D eigenvalue weighted by Gasteiger charge is 2.00. The monoisotopic (exact) mass is 324 g/mol. The lowest BCUT2D eigenvalue weighted by atomic mass is 10.0. The highest BCUT2D eigenvalue weighted by Crippen LogP contribution is 2.14. The van der Waals surface area contributed by atoms with E-state index in [2.05, 4.69) is 13.8 Å². The van der Waals surface area contributed by atoms with E-state index < -0.39 is 0 Å². The molecule has 0 aromatic carbocycles. The van der Waals surface area contributed by atoms with Gasteiger partial charge in [0.1, 0.15) is 5.78 Å². The highest BCUT2D eigenvalue weighted by molar-refractivity contribution is 5.78. The lowest BCUT2D eigenvalue weighted by Crippen LogP contribution is -1.96. The fourth-order valence-corrected chi connectivity index (χ4v) is 3.19. The van der Waals surface area contributed by atoms with Gasteiger partial charge in [-0.25, -0.2) is 0 Å². The van der Waals surface area contributed by atoms with Crippen molar-refractivity contribution in [1.29, 1.82) is 0 Å². The van der Waals surface area contributed by atoms with E-state index in [-0.39, 0.29) is 0 Å². The summed E-state index contributed by atoms with van der Waals surface area (Å²) in [6.45, 7) is 4.44. The fourth-order valence-electron chi connectivity index (χ4n) is 3.19. The van der Waals surface area contributed by atoms with Crippen LogP contribution in [0.1, 0.15) is 136 Å². The Morgan fingerprint density at radius 2 is 0.739 bits per heavy atom. The summed E-state index contributed by atoms with van der Waals surface area (Å²) in [6, 6.07) is 0. The number of hydrogen-bond donors (Lipinski definition) is 0. The van der Waals surface area contributed by atoms with Gasteiger partial charge in [0.25, 0.3) is 0 Å². The van der Waals surface area contributed by atoms with Gasteiger partial charge in [0, 0.05) is 12.8 Å². The molecule has 0 spiro atoms. The molecule has 1 heteroatoms. The van der Waals surface area contributed by atoms with E-state index in [0.29, 0.717) is 5.78 Å². The Morgan fingerprint density at radius 1 is 0.435 bits per heavy atom. The van der Waals surface area contributed by atoms with Crippen LogP contribution < -0.4 is 0 Å². The van der Waals surface area contributed by atoms with Gasteiger partial charge in [-0.15, -0.1) is 0 Å². The molecule has 0 heterocycles. The molecule has 0 bridgehead atoms. The Kier molecular flexibility index (Phi) is 19.4. The van der Waals surface area contributed by atoms with Crippen molar-refractivity contribution in [3.05, 3.63) is 0 Å². The summed E-state index contributed by atoms with van der Waals surface area (Å²) >= 11 is 0. The van der Waals surface area contributed by atoms with E-state index in [9.17, 15) is 4.79 Å². The lowest BCUT2D eigenvalue weighted by molar-refractivity contribution is -0.119. The average Bonchev–Trinajstić information content (AvgIpc) is 2.56. The third-order valence-corrected chi connectivity index (χ3v) is 4.87. The Labute approximate surface area is 147 Å². The van der Waals surface area contributed by atoms with Crippen molar-refractivity contribution < 1.29 is 4.79 Å². The summed E-state index contributed by atoms with van der Waals surface area (Å²) in [5.74, 6) is 0.488. The van der Waals surface area contributed by atoms with Crippen LogP contribution >= 0.6 is 0 Å². The standard InChI is InChI=1S/C22H44O/c1-3-5-7-8-9-10-11-12-13-14-15-16-17-18-19-21-22(23)20-6-4-2/h3-21H2,1-2H3. The second-order valence-electron chi connectivity index (χ2n) is 7.34. The first-order valence-corrected chi connectivity index (χ1v) is 10.8. The van der Waals surface area contributed by atoms with Crippen molar-refractivity contribution in [2.75, 3.05) is 0 Å². The number of rotatable bonds is 19. The lowest BCUT2D eigenvalue weighted by Gasteiger charge is -2.03. The minimum absolute atomic E-state index is 0.488. The minimum Gasteiger partial charge on any atom is -0.300 e. The maximum absolute atomic E-state index is 11.5. The van der Waals surface area contributed by atoms with E-state index in [1.807, 2.05) is 0 Å². The highest BCUT2D eigenvalue weighted by atomic mass is 16.1. The first-order chi connectivity index (χ1) is 11.3. The van der Waals surface area contributed by atoms with Crippen LogP contribution in [0.5, 0.6) is 0 Å². The van der Waals surface area contributed by atoms with E-state index in [1.165, 1.54) is 89.9 Å². The summed E-state index contributed by atoms with van der Waals surface area (Å²) in [7, 11) is 0. The van der Waals surface area contributed by atoms with Crippen LogP contribution in [-0.4, -0.2) is 5.78 Å². The SMILES string of the molecule is CCCCCCCCCCCCCCCCCC(=O)CCCC. The summed E-state index contributed by atoms with van der Waals surface area (Å²) in [4.78, 5) is 11.5. The van der Waals surface area contributed by atoms with Crippen molar-refractivity contribution in [3.63, 3.8) is 0 Å². The molecule has 0 atom stereocenters. The normalized spacial score (nSPS) is 11.0. The van der Waals surface area contributed by atoms with E-state index in [4.69, 9.17) is 0 Å². The zero-order valence-electron chi connectivity index (χ0n) is 16.3. The summed E-state index contributed by atoms with van der Waals surface area (Å²) in [6.07, 6.45) is 24.7. The van der Waals surface area contributed by atoms with Gasteiger partial charge >= 0.3 is 0 Å². The van der Waals surface area contributed by atoms with E-state index in [0.717, 1.165) is 32.1 Å². The predicted molar refractivity (Wildman–Crippen MR) is 104 cm³/mol. The Bertz CT molecular complexity index is 234. The molecule has 0 aliphatic heterocycles. The Balaban J connectivity index is 3.04. The number of hydrogen-bond acceptors (Lipinski definition) is 1. The maximum Gasteiger partial charge on any atom is 0.132 e. The van der Waals surface area contributed by atoms with Crippen LogP contribution in [-0.2, 0) is 4.79 Å². The van der Waals surface area contributed by atoms with Crippen molar-refractivity contribution in [2.45, 2.75) is 136 Å². The first kappa shape index (κ1) is 22.7. The number of ketones is 1. The molecule has 0 saturated heterocycles. The van der Waals surface area contributed by atoms with Crippen LogP contribution in [0.3, 0.4) is 0 Å². The smallest absolute Gasteiger partial charge is 0.132 e. The predicted octanol–water partition coefficient (Wildman–Crippen LogP) is 8.01. The number of unbranched alkanes of at least 4 members (excludes halogenated alkanes) is 15. The van der Waals surface area contributed by atoms with Gasteiger partial charge in [-0.05, 0) is 12.8 Å². The van der Waals surface area contributed by atoms with Crippen LogP contribution in [0, 0.1) is 0 Å². The van der Waals surface area contributed by atoms with Gasteiger partial charge in [0.15, 0.2) is 0 Å². The average molecular weight is 325 g/mol. The Hall–Kier alpha value is -0.330. The molecule has 138 valence electrons. The molecule has 23 heavy (non-hydrogen) atoms. The van der Waals surface area contributed by atoms with Gasteiger partial charge in [-0.3, -0.25) is 4.79 Å². The van der Waals surface area contributed by atoms with Gasteiger partial charge < -0.3 is 0 Å². The molecule has 0 unspecified atom stereocenters. The molecule has 0 aromatic rings. The topological polar surface area (TPSA) is 17.1 Å². The summed E-state index contributed by atoms with van der Waals surface area (Å²) < 4.78 is 0. The van der Waals surface area contributed by atoms with E-state index in [1.54, 1.807) is 0 Å². The molecule has 0 amide bonds. The molecule has 1 nitrogen and oxygen atoms in total. The molecule has 0 aliphatic carbocycles. The second-order valence-corrected chi connectivity index (χ2v) is 7.34. The molecular weight excluding hydrogens is 280 g/mol. The van der Waals surface area contributed by atoms with Crippen LogP contribution in [0.4, 0.5) is 0 Å². The Morgan fingerprint density at radius 3 is 1.13 bits per heavy atom. The zero-order valence-corrected chi connectivity index (χ0v) is 16.3. The molecule has 0 N–H and O–H groups in total. The van der Waals surface area contributed by atoms with Crippen LogP contribution in [0.2, 0.25) is 0 Å². The first-order valence-electron chi connectivity index (χ1n) is 10.8. The van der Waals surface area contributed by atoms with Crippen molar-refractivity contribution in [3.8, 4) is 0 Å². The van der Waals surface area contributed by atoms with Gasteiger partial charge in [-0.1, -0.05) is 110 Å². The van der Waals surface area contributed by atoms with Gasteiger partial charge in [0.05, 0.1) is 0 Å². The molecule has 0 saturated carbocycles. The van der Waals surface area contributed by atoms with Crippen molar-refractivity contribution in [2.24, 2.45) is 0 Å². The molecule has 0 radical (unpaired) electrons. The molecule has 0 aromatic heterocycles. The van der Waals surface area contributed by atoms with Gasteiger partial charge in [-0.2, -0.15) is 0 Å². The van der Waals surface area contributed by atoms with Gasteiger partial charge in [0.2, 0.25) is 0 Å². The van der Waals surface area contributed by atoms with Crippen molar-refractivity contribution >= 4 is 5.78 Å². The van der Waals surface area contributed by atoms with E-state index >= 15 is 0 Å². The largest absolute Gasteiger partial charge is 0.300 e. The second kappa shape index (κ2) is 19.7. The zero-order chi connectivity index (χ0) is 17.0. The number of carbonyl (C=O) groups excluding carboxylic acids is 1. The quantitative estimate of drug-likeness (QED) is 0.220. The molecule has 0 fully saturated rings. The van der Waals surface area contributed by atoms with Crippen LogP contribution in [0.25, 0.3) is 0 Å². The third-order valence-electron chi connectivity index (χ3n) is 4.87. The molecule has 0 aliphatic rings. The minimum atomic E-state index is 0.488. The van der Waals surface area contributed by atoms with Crippen molar-refractivity contribution in [1.82, 2.24) is 0 Å². The maximum atomic E-state index is 11.5. The molecule has 0 rings (SSSR count). The number of carbonyl (C=O) groups is 1. The van der Waals surface area contributed by atoms with Crippen LogP contribution in [0.15, 0.2) is 0 Å².